The van der Waals surface area contributed by atoms with E-state index in [0.29, 0.717) is 22.3 Å². The monoisotopic (exact) mass is 397 g/mol. The summed E-state index contributed by atoms with van der Waals surface area (Å²) in [5.74, 6) is 0.211. The van der Waals surface area contributed by atoms with Crippen LogP contribution in [0.25, 0.3) is 5.69 Å². The highest BCUT2D eigenvalue weighted by Crippen LogP contribution is 2.28. The Bertz CT molecular complexity index is 975. The fourth-order valence-electron chi connectivity index (χ4n) is 2.49. The van der Waals surface area contributed by atoms with Crippen molar-refractivity contribution in [1.29, 1.82) is 0 Å². The summed E-state index contributed by atoms with van der Waals surface area (Å²) in [5, 5.41) is 14.1. The van der Waals surface area contributed by atoms with Gasteiger partial charge in [0.2, 0.25) is 11.8 Å². The third-order valence-electron chi connectivity index (χ3n) is 3.68. The normalized spacial score (nSPS) is 10.4. The standard InChI is InChI=1S/C19H19N5O3S/c1-13(25)21-14-8-9-17(27-2)16(10-14)22-18(26)11-28-19-23-20-12-24(19)15-6-4-3-5-7-15/h3-10,12H,11H2,1-2H3,(H,21,25)(H,22,26). The maximum absolute atomic E-state index is 12.4. The number of amides is 2. The number of thioether (sulfide) groups is 1. The fraction of sp³-hybridized carbons (Fsp3) is 0.158. The second-order valence-corrected chi connectivity index (χ2v) is 6.69. The van der Waals surface area contributed by atoms with E-state index in [1.54, 1.807) is 24.5 Å². The number of benzene rings is 2. The topological polar surface area (TPSA) is 98.1 Å². The Morgan fingerprint density at radius 1 is 1.14 bits per heavy atom. The molecule has 28 heavy (non-hydrogen) atoms. The average Bonchev–Trinajstić information content (AvgIpc) is 3.15. The van der Waals surface area contributed by atoms with Crippen LogP contribution in [0.1, 0.15) is 6.92 Å². The third-order valence-corrected chi connectivity index (χ3v) is 4.62. The zero-order valence-corrected chi connectivity index (χ0v) is 16.2. The number of hydrogen-bond donors (Lipinski definition) is 2. The molecule has 0 unspecified atom stereocenters. The summed E-state index contributed by atoms with van der Waals surface area (Å²) in [7, 11) is 1.51. The third kappa shape index (κ3) is 4.89. The van der Waals surface area contributed by atoms with Gasteiger partial charge in [0.15, 0.2) is 5.16 Å². The zero-order chi connectivity index (χ0) is 19.9. The molecule has 0 bridgehead atoms. The van der Waals surface area contributed by atoms with Crippen LogP contribution in [-0.4, -0.2) is 39.4 Å². The van der Waals surface area contributed by atoms with Crippen molar-refractivity contribution in [2.24, 2.45) is 0 Å². The maximum atomic E-state index is 12.4. The molecule has 0 spiro atoms. The Hall–Kier alpha value is -3.33. The minimum absolute atomic E-state index is 0.138. The van der Waals surface area contributed by atoms with Crippen LogP contribution >= 0.6 is 11.8 Å². The number of rotatable bonds is 7. The lowest BCUT2D eigenvalue weighted by atomic mass is 10.2. The van der Waals surface area contributed by atoms with E-state index in [9.17, 15) is 9.59 Å². The van der Waals surface area contributed by atoms with Gasteiger partial charge in [-0.25, -0.2) is 0 Å². The van der Waals surface area contributed by atoms with Crippen molar-refractivity contribution in [3.05, 3.63) is 54.9 Å². The van der Waals surface area contributed by atoms with Gasteiger partial charge in [-0.15, -0.1) is 10.2 Å². The van der Waals surface area contributed by atoms with Gasteiger partial charge in [0.1, 0.15) is 12.1 Å². The average molecular weight is 397 g/mol. The Morgan fingerprint density at radius 3 is 2.64 bits per heavy atom. The lowest BCUT2D eigenvalue weighted by Gasteiger charge is -2.12. The van der Waals surface area contributed by atoms with Crippen molar-refractivity contribution in [3.8, 4) is 11.4 Å². The van der Waals surface area contributed by atoms with Crippen LogP contribution in [0.3, 0.4) is 0 Å². The van der Waals surface area contributed by atoms with Gasteiger partial charge in [0.25, 0.3) is 0 Å². The van der Waals surface area contributed by atoms with Gasteiger partial charge in [0.05, 0.1) is 18.6 Å². The first-order chi connectivity index (χ1) is 13.6. The second-order valence-electron chi connectivity index (χ2n) is 5.75. The van der Waals surface area contributed by atoms with Crippen LogP contribution in [0.5, 0.6) is 5.75 Å². The Labute approximate surface area is 166 Å². The van der Waals surface area contributed by atoms with Crippen molar-refractivity contribution in [2.45, 2.75) is 12.1 Å². The number of para-hydroxylation sites is 1. The van der Waals surface area contributed by atoms with E-state index in [4.69, 9.17) is 4.74 Å². The van der Waals surface area contributed by atoms with Crippen molar-refractivity contribution in [1.82, 2.24) is 14.8 Å². The molecule has 8 nitrogen and oxygen atoms in total. The molecule has 3 rings (SSSR count). The summed E-state index contributed by atoms with van der Waals surface area (Å²) < 4.78 is 7.09. The smallest absolute Gasteiger partial charge is 0.234 e. The molecule has 2 aromatic carbocycles. The van der Waals surface area contributed by atoms with Crippen molar-refractivity contribution < 1.29 is 14.3 Å². The summed E-state index contributed by atoms with van der Waals surface area (Å²) in [4.78, 5) is 23.7. The van der Waals surface area contributed by atoms with Gasteiger partial charge in [-0.3, -0.25) is 14.2 Å². The summed E-state index contributed by atoms with van der Waals surface area (Å²) in [6.45, 7) is 1.42. The number of carbonyl (C=O) groups excluding carboxylic acids is 2. The zero-order valence-electron chi connectivity index (χ0n) is 15.4. The van der Waals surface area contributed by atoms with Gasteiger partial charge in [0, 0.05) is 18.3 Å². The maximum Gasteiger partial charge on any atom is 0.234 e. The molecule has 1 aromatic heterocycles. The van der Waals surface area contributed by atoms with Crippen molar-refractivity contribution in [2.75, 3.05) is 23.5 Å². The SMILES string of the molecule is COc1ccc(NC(C)=O)cc1NC(=O)CSc1nncn1-c1ccccc1. The molecule has 0 saturated heterocycles. The highest BCUT2D eigenvalue weighted by atomic mass is 32.2. The molecule has 2 amide bonds. The highest BCUT2D eigenvalue weighted by Gasteiger charge is 2.13. The van der Waals surface area contributed by atoms with E-state index < -0.39 is 0 Å². The van der Waals surface area contributed by atoms with Crippen molar-refractivity contribution >= 4 is 35.0 Å². The van der Waals surface area contributed by atoms with Gasteiger partial charge in [-0.1, -0.05) is 30.0 Å². The molecule has 2 N–H and O–H groups in total. The minimum Gasteiger partial charge on any atom is -0.495 e. The summed E-state index contributed by atoms with van der Waals surface area (Å²) in [6.07, 6.45) is 1.61. The molecule has 0 aliphatic rings. The first-order valence-corrected chi connectivity index (χ1v) is 9.39. The first-order valence-electron chi connectivity index (χ1n) is 8.40. The van der Waals surface area contributed by atoms with Crippen LogP contribution in [-0.2, 0) is 9.59 Å². The van der Waals surface area contributed by atoms with Gasteiger partial charge >= 0.3 is 0 Å². The number of ether oxygens (including phenoxy) is 1. The molecule has 3 aromatic rings. The lowest BCUT2D eigenvalue weighted by Crippen LogP contribution is -2.15. The molecule has 0 atom stereocenters. The fourth-order valence-corrected chi connectivity index (χ4v) is 3.22. The highest BCUT2D eigenvalue weighted by molar-refractivity contribution is 7.99. The summed E-state index contributed by atoms with van der Waals surface area (Å²) >= 11 is 1.27. The van der Waals surface area contributed by atoms with Gasteiger partial charge < -0.3 is 15.4 Å². The van der Waals surface area contributed by atoms with Gasteiger partial charge in [-0.2, -0.15) is 0 Å². The molecule has 9 heteroatoms. The van der Waals surface area contributed by atoms with Crippen LogP contribution in [0.2, 0.25) is 0 Å². The van der Waals surface area contributed by atoms with Crippen LogP contribution in [0, 0.1) is 0 Å². The first kappa shape index (κ1) is 19.4. The molecule has 0 aliphatic heterocycles. The molecular formula is C19H19N5O3S. The van der Waals surface area contributed by atoms with E-state index in [1.807, 2.05) is 34.9 Å². The number of methoxy groups -OCH3 is 1. The molecule has 0 aliphatic carbocycles. The van der Waals surface area contributed by atoms with E-state index in [0.717, 1.165) is 5.69 Å². The summed E-state index contributed by atoms with van der Waals surface area (Å²) in [6, 6.07) is 14.7. The van der Waals surface area contributed by atoms with E-state index in [-0.39, 0.29) is 17.6 Å². The Morgan fingerprint density at radius 2 is 1.93 bits per heavy atom. The Kier molecular flexibility index (Phi) is 6.28. The number of carbonyl (C=O) groups is 2. The molecule has 1 heterocycles. The Balaban J connectivity index is 1.67. The van der Waals surface area contributed by atoms with Crippen molar-refractivity contribution in [3.63, 3.8) is 0 Å². The number of nitrogens with one attached hydrogen (secondary N) is 2. The lowest BCUT2D eigenvalue weighted by molar-refractivity contribution is -0.114. The molecule has 144 valence electrons. The summed E-state index contributed by atoms with van der Waals surface area (Å²) in [5.41, 5.74) is 1.96. The molecule has 0 radical (unpaired) electrons. The number of anilines is 2. The molecule has 0 saturated carbocycles. The quantitative estimate of drug-likeness (QED) is 0.595. The number of nitrogens with zero attached hydrogens (tertiary/aromatic N) is 3. The van der Waals surface area contributed by atoms with E-state index >= 15 is 0 Å². The largest absolute Gasteiger partial charge is 0.495 e. The van der Waals surface area contributed by atoms with E-state index in [2.05, 4.69) is 20.8 Å². The second kappa shape index (κ2) is 9.05. The van der Waals surface area contributed by atoms with Gasteiger partial charge in [-0.05, 0) is 30.3 Å². The van der Waals surface area contributed by atoms with Crippen LogP contribution < -0.4 is 15.4 Å². The predicted molar refractivity (Wildman–Crippen MR) is 108 cm³/mol. The van der Waals surface area contributed by atoms with Crippen LogP contribution in [0.4, 0.5) is 11.4 Å². The number of hydrogen-bond acceptors (Lipinski definition) is 6. The minimum atomic E-state index is -0.231. The molecule has 0 fully saturated rings. The van der Waals surface area contributed by atoms with Crippen LogP contribution in [0.15, 0.2) is 60.0 Å². The number of aromatic nitrogens is 3. The molecular weight excluding hydrogens is 378 g/mol. The predicted octanol–water partition coefficient (Wildman–Crippen LogP) is 2.97. The van der Waals surface area contributed by atoms with E-state index in [1.165, 1.54) is 25.8 Å².